The summed E-state index contributed by atoms with van der Waals surface area (Å²) in [6.07, 6.45) is 9.60. The lowest BCUT2D eigenvalue weighted by molar-refractivity contribution is -0.152. The smallest absolute Gasteiger partial charge is 0.317 e. The topological polar surface area (TPSA) is 55.4 Å². The van der Waals surface area contributed by atoms with Gasteiger partial charge in [-0.05, 0) is 87.0 Å². The van der Waals surface area contributed by atoms with Crippen LogP contribution in [0.2, 0.25) is 0 Å². The molecule has 6 rings (SSSR count). The van der Waals surface area contributed by atoms with E-state index < -0.39 is 5.41 Å². The minimum absolute atomic E-state index is 0.152. The van der Waals surface area contributed by atoms with E-state index in [9.17, 15) is 9.59 Å². The highest BCUT2D eigenvalue weighted by Crippen LogP contribution is 2.61. The van der Waals surface area contributed by atoms with E-state index in [1.807, 2.05) is 30.3 Å². The predicted octanol–water partition coefficient (Wildman–Crippen LogP) is 3.98. The molecule has 28 heavy (non-hydrogen) atoms. The van der Waals surface area contributed by atoms with E-state index in [1.165, 1.54) is 38.5 Å². The molecule has 0 radical (unpaired) electrons. The Hall–Kier alpha value is -1.84. The fraction of sp³-hybridized carbons (Fsp3) is 0.667. The van der Waals surface area contributed by atoms with Crippen LogP contribution >= 0.6 is 0 Å². The Morgan fingerprint density at radius 3 is 2.14 bits per heavy atom. The van der Waals surface area contributed by atoms with Crippen molar-refractivity contribution in [3.8, 4) is 0 Å². The molecule has 150 valence electrons. The van der Waals surface area contributed by atoms with Gasteiger partial charge in [0.1, 0.15) is 0 Å². The Morgan fingerprint density at radius 1 is 1.04 bits per heavy atom. The summed E-state index contributed by atoms with van der Waals surface area (Å²) in [5, 5.41) is 3.19. The first-order chi connectivity index (χ1) is 13.5. The summed E-state index contributed by atoms with van der Waals surface area (Å²) in [5.41, 5.74) is 0.755. The lowest BCUT2D eigenvalue weighted by Crippen LogP contribution is -2.56. The first-order valence-electron chi connectivity index (χ1n) is 11.0. The van der Waals surface area contributed by atoms with Crippen molar-refractivity contribution in [2.75, 3.05) is 6.61 Å². The quantitative estimate of drug-likeness (QED) is 0.758. The molecule has 4 bridgehead atoms. The Labute approximate surface area is 167 Å². The zero-order chi connectivity index (χ0) is 19.4. The van der Waals surface area contributed by atoms with Crippen molar-refractivity contribution in [3.63, 3.8) is 0 Å². The summed E-state index contributed by atoms with van der Waals surface area (Å²) >= 11 is 0. The summed E-state index contributed by atoms with van der Waals surface area (Å²) in [5.74, 6) is 2.19. The number of amides is 1. The Kier molecular flexibility index (Phi) is 4.29. The molecule has 0 saturated heterocycles. The van der Waals surface area contributed by atoms with Crippen molar-refractivity contribution in [2.45, 2.75) is 69.7 Å². The van der Waals surface area contributed by atoms with Gasteiger partial charge in [-0.15, -0.1) is 0 Å². The van der Waals surface area contributed by atoms with E-state index in [0.29, 0.717) is 0 Å². The second kappa shape index (κ2) is 6.60. The summed E-state index contributed by atoms with van der Waals surface area (Å²) in [7, 11) is 0. The van der Waals surface area contributed by atoms with Gasteiger partial charge < -0.3 is 10.1 Å². The van der Waals surface area contributed by atoms with Gasteiger partial charge in [0.15, 0.2) is 6.61 Å². The number of nitrogens with one attached hydrogen (secondary N) is 1. The molecule has 5 saturated carbocycles. The molecule has 4 heteroatoms. The van der Waals surface area contributed by atoms with Crippen molar-refractivity contribution >= 4 is 11.9 Å². The van der Waals surface area contributed by atoms with Crippen LogP contribution in [0.4, 0.5) is 0 Å². The van der Waals surface area contributed by atoms with Crippen molar-refractivity contribution in [1.82, 2.24) is 5.32 Å². The summed E-state index contributed by atoms with van der Waals surface area (Å²) in [6.45, 7) is 2.00. The summed E-state index contributed by atoms with van der Waals surface area (Å²) in [4.78, 5) is 25.2. The second-order valence-corrected chi connectivity index (χ2v) is 10.1. The van der Waals surface area contributed by atoms with Crippen molar-refractivity contribution in [2.24, 2.45) is 23.2 Å². The second-order valence-electron chi connectivity index (χ2n) is 10.1. The molecule has 1 aromatic rings. The van der Waals surface area contributed by atoms with Gasteiger partial charge in [0.05, 0.1) is 5.41 Å². The number of hydrogen-bond donors (Lipinski definition) is 1. The monoisotopic (exact) mass is 381 g/mol. The minimum Gasteiger partial charge on any atom is -0.455 e. The van der Waals surface area contributed by atoms with Crippen LogP contribution in [0.5, 0.6) is 0 Å². The fourth-order valence-electron chi connectivity index (χ4n) is 6.91. The summed E-state index contributed by atoms with van der Waals surface area (Å²) < 4.78 is 5.45. The molecular weight excluding hydrogens is 350 g/mol. The third kappa shape index (κ3) is 3.05. The molecule has 0 aromatic heterocycles. The highest BCUT2D eigenvalue weighted by Gasteiger charge is 2.54. The maximum absolute atomic E-state index is 12.6. The van der Waals surface area contributed by atoms with E-state index in [1.54, 1.807) is 0 Å². The van der Waals surface area contributed by atoms with Crippen LogP contribution in [0.1, 0.15) is 63.9 Å². The molecule has 1 aromatic carbocycles. The highest BCUT2D eigenvalue weighted by molar-refractivity contribution is 5.89. The normalized spacial score (nSPS) is 35.2. The van der Waals surface area contributed by atoms with Gasteiger partial charge in [0, 0.05) is 6.04 Å². The first kappa shape index (κ1) is 18.2. The van der Waals surface area contributed by atoms with E-state index in [2.05, 4.69) is 12.2 Å². The van der Waals surface area contributed by atoms with Crippen LogP contribution in [0.25, 0.3) is 0 Å². The van der Waals surface area contributed by atoms with Crippen molar-refractivity contribution in [3.05, 3.63) is 35.9 Å². The van der Waals surface area contributed by atoms with Crippen LogP contribution in [0, 0.1) is 23.2 Å². The van der Waals surface area contributed by atoms with Crippen molar-refractivity contribution < 1.29 is 14.3 Å². The Balaban J connectivity index is 1.17. The number of ether oxygens (including phenoxy) is 1. The molecule has 5 aliphatic rings. The molecule has 0 heterocycles. The standard InChI is InChI=1S/C24H31NO3/c1-16(23-12-17-9-18(13-23)11-19(10-17)14-23)25-21(26)15-28-22(27)24(7-8-24)20-5-3-2-4-6-20/h2-6,16-19H,7-15H2,1H3,(H,25,26)/t16-,17?,18?,19?,23?/m1/s1. The lowest BCUT2D eigenvalue weighted by Gasteiger charge is -2.59. The third-order valence-corrected chi connectivity index (χ3v) is 8.18. The SMILES string of the molecule is C[C@@H](NC(=O)COC(=O)C1(c2ccccc2)CC1)C12CC3CC(CC(C3)C1)C2. The van der Waals surface area contributed by atoms with Gasteiger partial charge in [-0.2, -0.15) is 0 Å². The molecule has 1 atom stereocenters. The first-order valence-corrected chi connectivity index (χ1v) is 11.0. The minimum atomic E-state index is -0.521. The average molecular weight is 382 g/mol. The molecule has 5 fully saturated rings. The maximum Gasteiger partial charge on any atom is 0.317 e. The zero-order valence-electron chi connectivity index (χ0n) is 16.8. The van der Waals surface area contributed by atoms with Gasteiger partial charge in [-0.3, -0.25) is 9.59 Å². The van der Waals surface area contributed by atoms with Gasteiger partial charge in [0.25, 0.3) is 5.91 Å². The van der Waals surface area contributed by atoms with Gasteiger partial charge >= 0.3 is 5.97 Å². The van der Waals surface area contributed by atoms with Crippen LogP contribution in [0.3, 0.4) is 0 Å². The van der Waals surface area contributed by atoms with Gasteiger partial charge in [-0.1, -0.05) is 30.3 Å². The number of carbonyl (C=O) groups excluding carboxylic acids is 2. The number of rotatable bonds is 6. The molecule has 0 spiro atoms. The van der Waals surface area contributed by atoms with E-state index in [4.69, 9.17) is 4.74 Å². The van der Waals surface area contributed by atoms with E-state index >= 15 is 0 Å². The zero-order valence-corrected chi connectivity index (χ0v) is 16.8. The van der Waals surface area contributed by atoms with Crippen LogP contribution in [0.15, 0.2) is 30.3 Å². The molecule has 1 amide bonds. The Morgan fingerprint density at radius 2 is 1.61 bits per heavy atom. The van der Waals surface area contributed by atoms with Crippen molar-refractivity contribution in [1.29, 1.82) is 0 Å². The fourth-order valence-corrected chi connectivity index (χ4v) is 6.91. The number of benzene rings is 1. The molecule has 4 nitrogen and oxygen atoms in total. The molecule has 0 aliphatic heterocycles. The van der Waals surface area contributed by atoms with E-state index in [-0.39, 0.29) is 29.9 Å². The number of hydrogen-bond acceptors (Lipinski definition) is 3. The Bertz CT molecular complexity index is 732. The third-order valence-electron chi connectivity index (χ3n) is 8.18. The predicted molar refractivity (Wildman–Crippen MR) is 107 cm³/mol. The number of carbonyl (C=O) groups is 2. The maximum atomic E-state index is 12.6. The van der Waals surface area contributed by atoms with Gasteiger partial charge in [0.2, 0.25) is 0 Å². The summed E-state index contributed by atoms with van der Waals surface area (Å²) in [6, 6.07) is 9.96. The average Bonchev–Trinajstić information content (AvgIpc) is 3.48. The molecular formula is C24H31NO3. The number of esters is 1. The lowest BCUT2D eigenvalue weighted by atomic mass is 9.48. The largest absolute Gasteiger partial charge is 0.455 e. The molecule has 5 aliphatic carbocycles. The van der Waals surface area contributed by atoms with Crippen LogP contribution in [-0.4, -0.2) is 24.5 Å². The highest BCUT2D eigenvalue weighted by atomic mass is 16.5. The molecule has 0 unspecified atom stereocenters. The molecule has 1 N–H and O–H groups in total. The van der Waals surface area contributed by atoms with Crippen LogP contribution in [-0.2, 0) is 19.7 Å². The van der Waals surface area contributed by atoms with E-state index in [0.717, 1.165) is 36.2 Å². The van der Waals surface area contributed by atoms with Gasteiger partial charge in [-0.25, -0.2) is 0 Å². The van der Waals surface area contributed by atoms with Crippen LogP contribution < -0.4 is 5.32 Å².